The Morgan fingerprint density at radius 2 is 1.58 bits per heavy atom. The van der Waals surface area contributed by atoms with Crippen molar-refractivity contribution in [3.05, 3.63) is 77.6 Å². The van der Waals surface area contributed by atoms with Crippen molar-refractivity contribution in [2.24, 2.45) is 5.92 Å². The van der Waals surface area contributed by atoms with Gasteiger partial charge in [-0.2, -0.15) is 4.31 Å². The highest BCUT2D eigenvalue weighted by Crippen LogP contribution is 2.29. The molecule has 1 aliphatic carbocycles. The van der Waals surface area contributed by atoms with Crippen molar-refractivity contribution < 1.29 is 22.0 Å². The molecule has 33 heavy (non-hydrogen) atoms. The zero-order chi connectivity index (χ0) is 22.8. The van der Waals surface area contributed by atoms with Crippen LogP contribution in [0.5, 0.6) is 0 Å². The highest BCUT2D eigenvalue weighted by atomic mass is 32.2. The Hall–Kier alpha value is -2.84. The minimum absolute atomic E-state index is 0.00243. The fraction of sp³-hybridized carbons (Fsp3) is 0.400. The van der Waals surface area contributed by atoms with E-state index in [1.54, 1.807) is 35.6 Å². The van der Waals surface area contributed by atoms with E-state index in [-0.39, 0.29) is 11.8 Å². The average Bonchev–Trinajstić information content (AvgIpc) is 3.60. The first-order valence-corrected chi connectivity index (χ1v) is 12.9. The molecule has 1 aliphatic heterocycles. The molecule has 0 unspecified atom stereocenters. The molecule has 2 aliphatic rings. The molecule has 0 atom stereocenters. The lowest BCUT2D eigenvalue weighted by molar-refractivity contribution is -0.138. The molecule has 0 radical (unpaired) electrons. The Morgan fingerprint density at radius 1 is 0.939 bits per heavy atom. The lowest BCUT2D eigenvalue weighted by atomic mass is 9.96. The van der Waals surface area contributed by atoms with Gasteiger partial charge in [-0.1, -0.05) is 6.07 Å². The number of nitrogens with zero attached hydrogens (tertiary/aromatic N) is 2. The monoisotopic (exact) mass is 468 g/mol. The predicted octanol–water partition coefficient (Wildman–Crippen LogP) is 3.99. The normalized spacial score (nSPS) is 17.2. The Morgan fingerprint density at radius 3 is 2.18 bits per heavy atom. The van der Waals surface area contributed by atoms with Crippen molar-refractivity contribution >= 4 is 15.9 Å². The zero-order valence-electron chi connectivity index (χ0n) is 18.5. The van der Waals surface area contributed by atoms with Crippen LogP contribution in [-0.4, -0.2) is 36.6 Å². The number of hydrogen-bond donors (Lipinski definition) is 0. The van der Waals surface area contributed by atoms with E-state index >= 15 is 0 Å². The first-order chi connectivity index (χ1) is 16.0. The van der Waals surface area contributed by atoms with Crippen LogP contribution in [0.15, 0.2) is 68.7 Å². The summed E-state index contributed by atoms with van der Waals surface area (Å²) in [5.41, 5.74) is 2.40. The van der Waals surface area contributed by atoms with Gasteiger partial charge in [-0.15, -0.1) is 0 Å². The van der Waals surface area contributed by atoms with Gasteiger partial charge >= 0.3 is 0 Å². The summed E-state index contributed by atoms with van der Waals surface area (Å²) < 4.78 is 38.9. The van der Waals surface area contributed by atoms with E-state index in [0.29, 0.717) is 55.4 Å². The lowest BCUT2D eigenvalue weighted by Gasteiger charge is -2.33. The number of rotatable bonds is 7. The highest BCUT2D eigenvalue weighted by molar-refractivity contribution is 7.89. The van der Waals surface area contributed by atoms with Gasteiger partial charge in [-0.3, -0.25) is 4.79 Å². The van der Waals surface area contributed by atoms with Gasteiger partial charge < -0.3 is 13.7 Å². The number of furan rings is 2. The number of sulfonamides is 1. The van der Waals surface area contributed by atoms with Crippen molar-refractivity contribution in [3.8, 4) is 0 Å². The summed E-state index contributed by atoms with van der Waals surface area (Å²) in [5, 5.41) is 0. The molecule has 174 valence electrons. The van der Waals surface area contributed by atoms with Crippen molar-refractivity contribution in [3.63, 3.8) is 0 Å². The van der Waals surface area contributed by atoms with Crippen LogP contribution in [0, 0.1) is 5.92 Å². The van der Waals surface area contributed by atoms with Crippen LogP contribution in [0.25, 0.3) is 0 Å². The lowest BCUT2D eigenvalue weighted by Crippen LogP contribution is -2.44. The Balaban J connectivity index is 1.26. The summed E-state index contributed by atoms with van der Waals surface area (Å²) in [6.07, 6.45) is 7.22. The van der Waals surface area contributed by atoms with Crippen molar-refractivity contribution in [2.45, 2.75) is 50.1 Å². The van der Waals surface area contributed by atoms with E-state index in [0.717, 1.165) is 24.8 Å². The fourth-order valence-corrected chi connectivity index (χ4v) is 6.37. The van der Waals surface area contributed by atoms with Gasteiger partial charge in [0, 0.05) is 19.0 Å². The minimum atomic E-state index is -3.56. The van der Waals surface area contributed by atoms with Crippen LogP contribution in [0.1, 0.15) is 41.9 Å². The van der Waals surface area contributed by atoms with Crippen LogP contribution in [0.3, 0.4) is 0 Å². The molecular weight excluding hydrogens is 440 g/mol. The summed E-state index contributed by atoms with van der Waals surface area (Å²) in [7, 11) is -3.56. The molecule has 3 aromatic rings. The third-order valence-electron chi connectivity index (χ3n) is 6.68. The molecule has 8 heteroatoms. The standard InChI is InChI=1S/C25H28N2O5S/c28-25(26(17-22-6-2-14-31-22)18-23-7-3-15-32-23)20-10-12-27(13-11-20)33(29,30)24-9-8-19-4-1-5-21(19)16-24/h2-3,6-9,14-16,20H,1,4-5,10-13,17-18H2. The number of hydrogen-bond acceptors (Lipinski definition) is 5. The smallest absolute Gasteiger partial charge is 0.243 e. The van der Waals surface area contributed by atoms with E-state index < -0.39 is 10.0 Å². The minimum Gasteiger partial charge on any atom is -0.467 e. The molecule has 0 spiro atoms. The third-order valence-corrected chi connectivity index (χ3v) is 8.57. The number of carbonyl (C=O) groups excluding carboxylic acids is 1. The molecule has 2 aromatic heterocycles. The van der Waals surface area contributed by atoms with Gasteiger partial charge in [0.1, 0.15) is 11.5 Å². The highest BCUT2D eigenvalue weighted by Gasteiger charge is 2.34. The Bertz CT molecular complexity index is 1160. The number of piperidine rings is 1. The van der Waals surface area contributed by atoms with Gasteiger partial charge in [0.15, 0.2) is 0 Å². The number of amides is 1. The SMILES string of the molecule is O=C(C1CCN(S(=O)(=O)c2ccc3c(c2)CCC3)CC1)N(Cc1ccco1)Cc1ccco1. The number of benzene rings is 1. The van der Waals surface area contributed by atoms with Crippen LogP contribution in [0.4, 0.5) is 0 Å². The number of fused-ring (bicyclic) bond motifs is 1. The Labute approximate surface area is 194 Å². The van der Waals surface area contributed by atoms with E-state index in [1.807, 2.05) is 24.3 Å². The van der Waals surface area contributed by atoms with Crippen LogP contribution >= 0.6 is 0 Å². The predicted molar refractivity (Wildman–Crippen MR) is 122 cm³/mol. The molecule has 5 rings (SSSR count). The van der Waals surface area contributed by atoms with Crippen molar-refractivity contribution in [2.75, 3.05) is 13.1 Å². The molecule has 1 fully saturated rings. The molecule has 1 saturated heterocycles. The van der Waals surface area contributed by atoms with Crippen molar-refractivity contribution in [1.29, 1.82) is 0 Å². The zero-order valence-corrected chi connectivity index (χ0v) is 19.3. The molecule has 0 bridgehead atoms. The van der Waals surface area contributed by atoms with Gasteiger partial charge in [0.05, 0.1) is 30.5 Å². The summed E-state index contributed by atoms with van der Waals surface area (Å²) in [5.74, 6) is 1.16. The third kappa shape index (κ3) is 4.63. The second-order valence-electron chi connectivity index (χ2n) is 8.82. The second kappa shape index (κ2) is 9.19. The Kier molecular flexibility index (Phi) is 6.12. The first-order valence-electron chi connectivity index (χ1n) is 11.5. The second-order valence-corrected chi connectivity index (χ2v) is 10.8. The summed E-state index contributed by atoms with van der Waals surface area (Å²) in [6.45, 7) is 1.37. The number of carbonyl (C=O) groups is 1. The van der Waals surface area contributed by atoms with E-state index in [4.69, 9.17) is 8.83 Å². The first kappa shape index (κ1) is 22.0. The van der Waals surface area contributed by atoms with Crippen LogP contribution in [-0.2, 0) is 40.7 Å². The molecule has 0 saturated carbocycles. The van der Waals surface area contributed by atoms with Crippen molar-refractivity contribution in [1.82, 2.24) is 9.21 Å². The van der Waals surface area contributed by atoms with Gasteiger partial charge in [-0.25, -0.2) is 8.42 Å². The van der Waals surface area contributed by atoms with Crippen LogP contribution in [0.2, 0.25) is 0 Å². The largest absolute Gasteiger partial charge is 0.467 e. The summed E-state index contributed by atoms with van der Waals surface area (Å²) in [4.78, 5) is 15.5. The van der Waals surface area contributed by atoms with E-state index in [2.05, 4.69) is 0 Å². The maximum Gasteiger partial charge on any atom is 0.243 e. The van der Waals surface area contributed by atoms with Gasteiger partial charge in [0.2, 0.25) is 15.9 Å². The molecule has 3 heterocycles. The topological polar surface area (TPSA) is 84.0 Å². The van der Waals surface area contributed by atoms with Crippen LogP contribution < -0.4 is 0 Å². The molecule has 7 nitrogen and oxygen atoms in total. The van der Waals surface area contributed by atoms with E-state index in [1.165, 1.54) is 9.87 Å². The fourth-order valence-electron chi connectivity index (χ4n) is 4.85. The van der Waals surface area contributed by atoms with E-state index in [9.17, 15) is 13.2 Å². The number of aryl methyl sites for hydroxylation is 2. The maximum absolute atomic E-state index is 13.4. The van der Waals surface area contributed by atoms with Gasteiger partial charge in [0.25, 0.3) is 0 Å². The quantitative estimate of drug-likeness (QED) is 0.524. The summed E-state index contributed by atoms with van der Waals surface area (Å²) >= 11 is 0. The average molecular weight is 469 g/mol. The molecule has 1 amide bonds. The maximum atomic E-state index is 13.4. The molecular formula is C25H28N2O5S. The van der Waals surface area contributed by atoms with Gasteiger partial charge in [-0.05, 0) is 79.6 Å². The molecule has 0 N–H and O–H groups in total. The molecule has 1 aromatic carbocycles. The summed E-state index contributed by atoms with van der Waals surface area (Å²) in [6, 6.07) is 12.8.